The smallest absolute Gasteiger partial charge is 0.160 e. The molecule has 4 nitrogen and oxygen atoms in total. The summed E-state index contributed by atoms with van der Waals surface area (Å²) >= 11 is 5.99. The number of halogens is 1. The highest BCUT2D eigenvalue weighted by Crippen LogP contribution is 2.31. The van der Waals surface area contributed by atoms with Crippen molar-refractivity contribution in [2.24, 2.45) is 0 Å². The summed E-state index contributed by atoms with van der Waals surface area (Å²) in [7, 11) is 0. The van der Waals surface area contributed by atoms with Crippen molar-refractivity contribution in [3.05, 3.63) is 24.2 Å². The summed E-state index contributed by atoms with van der Waals surface area (Å²) in [6.45, 7) is 3.65. The first kappa shape index (κ1) is 11.0. The SMILES string of the molecule is CC1(n2c(CCl)nc3cccnc32)CCOC1. The first-order valence-electron chi connectivity index (χ1n) is 5.71. The van der Waals surface area contributed by atoms with Crippen LogP contribution in [0.5, 0.6) is 0 Å². The molecule has 1 unspecified atom stereocenters. The second kappa shape index (κ2) is 3.96. The number of ether oxygens (including phenoxy) is 1. The Morgan fingerprint density at radius 3 is 3.18 bits per heavy atom. The quantitative estimate of drug-likeness (QED) is 0.769. The van der Waals surface area contributed by atoms with E-state index in [1.807, 2.05) is 12.1 Å². The molecule has 2 aromatic rings. The minimum atomic E-state index is -0.0761. The maximum Gasteiger partial charge on any atom is 0.160 e. The van der Waals surface area contributed by atoms with Gasteiger partial charge in [0.15, 0.2) is 5.65 Å². The molecule has 0 amide bonds. The van der Waals surface area contributed by atoms with E-state index in [9.17, 15) is 0 Å². The maximum atomic E-state index is 5.99. The Bertz CT molecular complexity index is 546. The molecule has 3 rings (SSSR count). The van der Waals surface area contributed by atoms with Gasteiger partial charge in [-0.3, -0.25) is 0 Å². The van der Waals surface area contributed by atoms with Crippen molar-refractivity contribution < 1.29 is 4.74 Å². The van der Waals surface area contributed by atoms with Crippen molar-refractivity contribution in [1.82, 2.24) is 14.5 Å². The normalized spacial score (nSPS) is 24.6. The van der Waals surface area contributed by atoms with Gasteiger partial charge in [-0.1, -0.05) is 0 Å². The van der Waals surface area contributed by atoms with Crippen LogP contribution in [-0.2, 0) is 16.2 Å². The van der Waals surface area contributed by atoms with Crippen LogP contribution in [0.2, 0.25) is 0 Å². The molecule has 0 N–H and O–H groups in total. The number of rotatable bonds is 2. The highest BCUT2D eigenvalue weighted by molar-refractivity contribution is 6.16. The second-order valence-electron chi connectivity index (χ2n) is 4.64. The summed E-state index contributed by atoms with van der Waals surface area (Å²) in [5, 5.41) is 0. The molecule has 17 heavy (non-hydrogen) atoms. The van der Waals surface area contributed by atoms with E-state index >= 15 is 0 Å². The molecule has 2 aromatic heterocycles. The molecule has 0 aliphatic carbocycles. The second-order valence-corrected chi connectivity index (χ2v) is 4.91. The molecule has 5 heteroatoms. The Morgan fingerprint density at radius 2 is 2.47 bits per heavy atom. The van der Waals surface area contributed by atoms with Crippen molar-refractivity contribution in [1.29, 1.82) is 0 Å². The molecule has 1 aliphatic rings. The van der Waals surface area contributed by atoms with Crippen LogP contribution in [0.1, 0.15) is 19.2 Å². The van der Waals surface area contributed by atoms with E-state index in [0.29, 0.717) is 12.5 Å². The van der Waals surface area contributed by atoms with Gasteiger partial charge in [0.2, 0.25) is 0 Å². The van der Waals surface area contributed by atoms with Crippen LogP contribution in [0, 0.1) is 0 Å². The zero-order valence-electron chi connectivity index (χ0n) is 9.69. The largest absolute Gasteiger partial charge is 0.379 e. The fraction of sp³-hybridized carbons (Fsp3) is 0.500. The summed E-state index contributed by atoms with van der Waals surface area (Å²) in [5.74, 6) is 1.26. The monoisotopic (exact) mass is 251 g/mol. The molecule has 0 aromatic carbocycles. The van der Waals surface area contributed by atoms with Gasteiger partial charge in [0.05, 0.1) is 18.0 Å². The zero-order valence-corrected chi connectivity index (χ0v) is 10.4. The van der Waals surface area contributed by atoms with Gasteiger partial charge < -0.3 is 9.30 Å². The van der Waals surface area contributed by atoms with Crippen molar-refractivity contribution >= 4 is 22.8 Å². The van der Waals surface area contributed by atoms with Gasteiger partial charge in [0.1, 0.15) is 11.3 Å². The summed E-state index contributed by atoms with van der Waals surface area (Å²) < 4.78 is 7.65. The van der Waals surface area contributed by atoms with Gasteiger partial charge in [0.25, 0.3) is 0 Å². The topological polar surface area (TPSA) is 39.9 Å². The lowest BCUT2D eigenvalue weighted by Crippen LogP contribution is -2.32. The summed E-state index contributed by atoms with van der Waals surface area (Å²) in [5.41, 5.74) is 1.72. The summed E-state index contributed by atoms with van der Waals surface area (Å²) in [6, 6.07) is 3.86. The van der Waals surface area contributed by atoms with Gasteiger partial charge in [-0.25, -0.2) is 9.97 Å². The van der Waals surface area contributed by atoms with E-state index < -0.39 is 0 Å². The Balaban J connectivity index is 2.25. The highest BCUT2D eigenvalue weighted by Gasteiger charge is 2.35. The van der Waals surface area contributed by atoms with Gasteiger partial charge in [-0.2, -0.15) is 0 Å². The predicted octanol–water partition coefficient (Wildman–Crippen LogP) is 2.31. The number of fused-ring (bicyclic) bond motifs is 1. The molecule has 3 heterocycles. The van der Waals surface area contributed by atoms with Gasteiger partial charge in [-0.05, 0) is 25.5 Å². The number of pyridine rings is 1. The van der Waals surface area contributed by atoms with Gasteiger partial charge in [-0.15, -0.1) is 11.6 Å². The van der Waals surface area contributed by atoms with Gasteiger partial charge in [0, 0.05) is 12.8 Å². The highest BCUT2D eigenvalue weighted by atomic mass is 35.5. The van der Waals surface area contributed by atoms with E-state index in [0.717, 1.165) is 30.0 Å². The molecule has 0 radical (unpaired) electrons. The van der Waals surface area contributed by atoms with Crippen LogP contribution in [0.4, 0.5) is 0 Å². The first-order valence-corrected chi connectivity index (χ1v) is 6.24. The fourth-order valence-electron chi connectivity index (χ4n) is 2.45. The van der Waals surface area contributed by atoms with E-state index in [-0.39, 0.29) is 5.54 Å². The number of hydrogen-bond donors (Lipinski definition) is 0. The van der Waals surface area contributed by atoms with E-state index in [1.54, 1.807) is 6.20 Å². The molecule has 1 fully saturated rings. The lowest BCUT2D eigenvalue weighted by molar-refractivity contribution is 0.162. The average molecular weight is 252 g/mol. The van der Waals surface area contributed by atoms with Crippen LogP contribution in [0.25, 0.3) is 11.2 Å². The lowest BCUT2D eigenvalue weighted by atomic mass is 10.0. The van der Waals surface area contributed by atoms with Crippen LogP contribution < -0.4 is 0 Å². The first-order chi connectivity index (χ1) is 8.24. The van der Waals surface area contributed by atoms with E-state index in [1.165, 1.54) is 0 Å². The molecule has 1 saturated heterocycles. The van der Waals surface area contributed by atoms with Crippen molar-refractivity contribution in [3.63, 3.8) is 0 Å². The number of imidazole rings is 1. The molecule has 1 atom stereocenters. The van der Waals surface area contributed by atoms with Crippen molar-refractivity contribution in [2.75, 3.05) is 13.2 Å². The Labute approximate surface area is 105 Å². The van der Waals surface area contributed by atoms with E-state index in [4.69, 9.17) is 16.3 Å². The third kappa shape index (κ3) is 1.63. The standard InChI is InChI=1S/C12H14ClN3O/c1-12(4-6-17-8-12)16-10(7-13)15-9-3-2-5-14-11(9)16/h2-3,5H,4,6-8H2,1H3. The Kier molecular flexibility index (Phi) is 2.56. The zero-order chi connectivity index (χ0) is 11.9. The minimum absolute atomic E-state index is 0.0761. The van der Waals surface area contributed by atoms with Crippen molar-refractivity contribution in [3.8, 4) is 0 Å². The Hall–Kier alpha value is -1.13. The number of hydrogen-bond acceptors (Lipinski definition) is 3. The third-order valence-electron chi connectivity index (χ3n) is 3.34. The summed E-state index contributed by atoms with van der Waals surface area (Å²) in [4.78, 5) is 8.96. The maximum absolute atomic E-state index is 5.99. The van der Waals surface area contributed by atoms with Crippen LogP contribution in [0.3, 0.4) is 0 Å². The van der Waals surface area contributed by atoms with Crippen LogP contribution >= 0.6 is 11.6 Å². The third-order valence-corrected chi connectivity index (χ3v) is 3.58. The average Bonchev–Trinajstić information content (AvgIpc) is 2.92. The molecule has 90 valence electrons. The van der Waals surface area contributed by atoms with Gasteiger partial charge >= 0.3 is 0 Å². The molecule has 1 aliphatic heterocycles. The molecule has 0 saturated carbocycles. The summed E-state index contributed by atoms with van der Waals surface area (Å²) in [6.07, 6.45) is 2.76. The number of alkyl halides is 1. The van der Waals surface area contributed by atoms with E-state index in [2.05, 4.69) is 21.5 Å². The molecule has 0 spiro atoms. The number of nitrogens with zero attached hydrogens (tertiary/aromatic N) is 3. The molecule has 0 bridgehead atoms. The number of aromatic nitrogens is 3. The van der Waals surface area contributed by atoms with Crippen molar-refractivity contribution in [2.45, 2.75) is 24.8 Å². The Morgan fingerprint density at radius 1 is 1.59 bits per heavy atom. The van der Waals surface area contributed by atoms with Crippen LogP contribution in [-0.4, -0.2) is 27.7 Å². The molecular weight excluding hydrogens is 238 g/mol. The lowest BCUT2D eigenvalue weighted by Gasteiger charge is -2.26. The minimum Gasteiger partial charge on any atom is -0.379 e. The van der Waals surface area contributed by atoms with Crippen LogP contribution in [0.15, 0.2) is 18.3 Å². The molecular formula is C12H14ClN3O. The fourth-order valence-corrected chi connectivity index (χ4v) is 2.63. The predicted molar refractivity (Wildman–Crippen MR) is 66.2 cm³/mol.